The summed E-state index contributed by atoms with van der Waals surface area (Å²) in [4.78, 5) is 10.6. The van der Waals surface area contributed by atoms with E-state index < -0.39 is 28.6 Å². The first-order valence-corrected chi connectivity index (χ1v) is 7.39. The van der Waals surface area contributed by atoms with Crippen LogP contribution in [-0.2, 0) is 14.8 Å². The summed E-state index contributed by atoms with van der Waals surface area (Å²) in [6.45, 7) is -0.582. The second-order valence-electron chi connectivity index (χ2n) is 3.97. The van der Waals surface area contributed by atoms with Crippen molar-refractivity contribution in [2.45, 2.75) is 6.10 Å². The minimum atomic E-state index is -3.68. The van der Waals surface area contributed by atoms with Crippen LogP contribution in [0.3, 0.4) is 0 Å². The number of nitrogen functional groups attached to an aromatic ring is 1. The number of rotatable bonds is 8. The van der Waals surface area contributed by atoms with Crippen LogP contribution < -0.4 is 20.9 Å². The van der Waals surface area contributed by atoms with Gasteiger partial charge < -0.3 is 21.3 Å². The largest absolute Gasteiger partial charge is 0.490 e. The Morgan fingerprint density at radius 2 is 2.05 bits per heavy atom. The van der Waals surface area contributed by atoms with Gasteiger partial charge in [0.2, 0.25) is 15.9 Å². The molecule has 1 amide bonds. The molecule has 6 N–H and O–H groups in total. The van der Waals surface area contributed by atoms with Crippen LogP contribution in [0.25, 0.3) is 0 Å². The van der Waals surface area contributed by atoms with Gasteiger partial charge in [0.05, 0.1) is 11.4 Å². The number of ether oxygens (including phenoxy) is 1. The summed E-state index contributed by atoms with van der Waals surface area (Å²) in [5.74, 6) is -0.951. The van der Waals surface area contributed by atoms with E-state index in [4.69, 9.17) is 21.3 Å². The molecule has 0 fully saturated rings. The molecule has 1 atom stereocenters. The van der Waals surface area contributed by atoms with Crippen molar-refractivity contribution in [2.24, 2.45) is 5.73 Å². The monoisotopic (exact) mass is 303 g/mol. The molecule has 1 aromatic carbocycles. The molecule has 0 bridgehead atoms. The number of para-hydroxylation sites is 2. The van der Waals surface area contributed by atoms with Gasteiger partial charge in [-0.25, -0.2) is 13.1 Å². The summed E-state index contributed by atoms with van der Waals surface area (Å²) in [5.41, 5.74) is 10.8. The van der Waals surface area contributed by atoms with Gasteiger partial charge in [-0.15, -0.1) is 0 Å². The average molecular weight is 303 g/mol. The van der Waals surface area contributed by atoms with Gasteiger partial charge in [0.15, 0.2) is 0 Å². The minimum absolute atomic E-state index is 0.115. The zero-order chi connectivity index (χ0) is 15.2. The van der Waals surface area contributed by atoms with Gasteiger partial charge in [-0.1, -0.05) is 12.1 Å². The summed E-state index contributed by atoms with van der Waals surface area (Å²) in [6.07, 6.45) is -1.56. The molecule has 0 aliphatic carbocycles. The van der Waals surface area contributed by atoms with Crippen molar-refractivity contribution in [3.8, 4) is 5.75 Å². The quantitative estimate of drug-likeness (QED) is 0.426. The zero-order valence-corrected chi connectivity index (χ0v) is 11.5. The highest BCUT2D eigenvalue weighted by atomic mass is 32.2. The third kappa shape index (κ3) is 5.43. The van der Waals surface area contributed by atoms with Crippen LogP contribution in [0.4, 0.5) is 5.69 Å². The van der Waals surface area contributed by atoms with Crippen LogP contribution in [0.1, 0.15) is 0 Å². The lowest BCUT2D eigenvalue weighted by Gasteiger charge is -2.11. The Balaban J connectivity index is 2.40. The molecule has 0 spiro atoms. The number of aliphatic hydroxyl groups is 1. The molecule has 1 unspecified atom stereocenters. The third-order valence-corrected chi connectivity index (χ3v) is 3.66. The molecule has 112 valence electrons. The lowest BCUT2D eigenvalue weighted by atomic mass is 10.3. The smallest absolute Gasteiger partial charge is 0.247 e. The Morgan fingerprint density at radius 1 is 1.40 bits per heavy atom. The number of anilines is 1. The van der Waals surface area contributed by atoms with Crippen LogP contribution in [0.2, 0.25) is 0 Å². The highest BCUT2D eigenvalue weighted by Crippen LogP contribution is 2.19. The molecule has 20 heavy (non-hydrogen) atoms. The molecule has 0 heterocycles. The van der Waals surface area contributed by atoms with E-state index in [-0.39, 0.29) is 12.4 Å². The van der Waals surface area contributed by atoms with Gasteiger partial charge in [0.1, 0.15) is 18.5 Å². The number of amides is 1. The van der Waals surface area contributed by atoms with Crippen molar-refractivity contribution >= 4 is 21.6 Å². The molecule has 0 saturated heterocycles. The number of nitrogens with two attached hydrogens (primary N) is 2. The van der Waals surface area contributed by atoms with E-state index >= 15 is 0 Å². The van der Waals surface area contributed by atoms with Crippen LogP contribution >= 0.6 is 0 Å². The average Bonchev–Trinajstić information content (AvgIpc) is 2.38. The Morgan fingerprint density at radius 3 is 2.65 bits per heavy atom. The molecular formula is C11H17N3O5S. The van der Waals surface area contributed by atoms with Crippen molar-refractivity contribution in [3.63, 3.8) is 0 Å². The van der Waals surface area contributed by atoms with Crippen molar-refractivity contribution in [1.82, 2.24) is 4.72 Å². The van der Waals surface area contributed by atoms with Gasteiger partial charge in [0.25, 0.3) is 0 Å². The van der Waals surface area contributed by atoms with Crippen molar-refractivity contribution < 1.29 is 23.1 Å². The van der Waals surface area contributed by atoms with Crippen molar-refractivity contribution in [1.29, 1.82) is 0 Å². The maximum atomic E-state index is 11.5. The highest BCUT2D eigenvalue weighted by molar-refractivity contribution is 7.89. The van der Waals surface area contributed by atoms with Crippen molar-refractivity contribution in [3.05, 3.63) is 24.3 Å². The molecule has 1 aromatic rings. The number of hydrogen-bond donors (Lipinski definition) is 4. The fourth-order valence-corrected chi connectivity index (χ4v) is 2.11. The van der Waals surface area contributed by atoms with Gasteiger partial charge in [-0.2, -0.15) is 0 Å². The predicted molar refractivity (Wildman–Crippen MR) is 73.3 cm³/mol. The molecular weight excluding hydrogens is 286 g/mol. The maximum absolute atomic E-state index is 11.5. The Labute approximate surface area is 116 Å². The molecule has 0 aromatic heterocycles. The number of benzene rings is 1. The minimum Gasteiger partial charge on any atom is -0.490 e. The first-order valence-electron chi connectivity index (χ1n) is 5.74. The van der Waals surface area contributed by atoms with E-state index in [1.54, 1.807) is 24.3 Å². The summed E-state index contributed by atoms with van der Waals surface area (Å²) in [7, 11) is -3.68. The van der Waals surface area contributed by atoms with Crippen molar-refractivity contribution in [2.75, 3.05) is 24.6 Å². The lowest BCUT2D eigenvalue weighted by Crippen LogP contribution is -2.41. The topological polar surface area (TPSA) is 145 Å². The number of nitrogens with one attached hydrogen (secondary N) is 1. The number of hydrogen-bond acceptors (Lipinski definition) is 6. The van der Waals surface area contributed by atoms with E-state index in [0.29, 0.717) is 11.4 Å². The molecule has 1 rings (SSSR count). The van der Waals surface area contributed by atoms with Crippen LogP contribution in [-0.4, -0.2) is 44.4 Å². The van der Waals surface area contributed by atoms with E-state index in [2.05, 4.69) is 4.72 Å². The van der Waals surface area contributed by atoms with Gasteiger partial charge in [0, 0.05) is 6.54 Å². The third-order valence-electron chi connectivity index (χ3n) is 2.35. The molecule has 8 nitrogen and oxygen atoms in total. The Bertz CT molecular complexity index is 561. The standard InChI is InChI=1S/C11H17N3O5S/c12-8-3-1-2-4-10(8)19-5-6-20(17,18)14-7-9(15)11(13)16/h1-4,9,14-15H,5-7,12H2,(H2,13,16). The molecule has 9 heteroatoms. The Kier molecular flexibility index (Phi) is 5.74. The molecule has 0 aliphatic rings. The Hall–Kier alpha value is -1.84. The van der Waals surface area contributed by atoms with E-state index in [9.17, 15) is 13.2 Å². The SMILES string of the molecule is NC(=O)C(O)CNS(=O)(=O)CCOc1ccccc1N. The van der Waals surface area contributed by atoms with Crippen LogP contribution in [0.5, 0.6) is 5.75 Å². The highest BCUT2D eigenvalue weighted by Gasteiger charge is 2.16. The first-order chi connectivity index (χ1) is 9.32. The fourth-order valence-electron chi connectivity index (χ4n) is 1.25. The maximum Gasteiger partial charge on any atom is 0.247 e. The first kappa shape index (κ1) is 16.2. The molecule has 0 saturated carbocycles. The zero-order valence-electron chi connectivity index (χ0n) is 10.7. The predicted octanol–water partition coefficient (Wildman–Crippen LogP) is -1.59. The van der Waals surface area contributed by atoms with Crippen LogP contribution in [0.15, 0.2) is 24.3 Å². The lowest BCUT2D eigenvalue weighted by molar-refractivity contribution is -0.125. The number of sulfonamides is 1. The second kappa shape index (κ2) is 7.08. The number of carbonyl (C=O) groups excluding carboxylic acids is 1. The summed E-state index contributed by atoms with van der Waals surface area (Å²) in [5, 5.41) is 9.08. The van der Waals surface area contributed by atoms with E-state index in [0.717, 1.165) is 0 Å². The normalized spacial score (nSPS) is 12.8. The molecule has 0 radical (unpaired) electrons. The van der Waals surface area contributed by atoms with Gasteiger partial charge in [-0.3, -0.25) is 4.79 Å². The van der Waals surface area contributed by atoms with Crippen LogP contribution in [0, 0.1) is 0 Å². The summed E-state index contributed by atoms with van der Waals surface area (Å²) in [6, 6.07) is 6.69. The van der Waals surface area contributed by atoms with E-state index in [1.165, 1.54) is 0 Å². The van der Waals surface area contributed by atoms with Gasteiger partial charge in [-0.05, 0) is 12.1 Å². The number of primary amides is 1. The fraction of sp³-hybridized carbons (Fsp3) is 0.364. The second-order valence-corrected chi connectivity index (χ2v) is 5.90. The van der Waals surface area contributed by atoms with E-state index in [1.807, 2.05) is 0 Å². The number of carbonyl (C=O) groups is 1. The summed E-state index contributed by atoms with van der Waals surface area (Å²) >= 11 is 0. The van der Waals surface area contributed by atoms with Gasteiger partial charge >= 0.3 is 0 Å². The number of aliphatic hydroxyl groups excluding tert-OH is 1. The molecule has 0 aliphatic heterocycles. The summed E-state index contributed by atoms with van der Waals surface area (Å²) < 4.78 is 30.4.